The average molecular weight is 252 g/mol. The van der Waals surface area contributed by atoms with Crippen LogP contribution in [0.1, 0.15) is 52.9 Å². The van der Waals surface area contributed by atoms with Gasteiger partial charge in [-0.25, -0.2) is 0 Å². The standard InChI is InChI=1S/C15H28N2O/c1-4-6-12-7-10-17(11-12)14(18)13-15(2,3)8-5-9-16-13/h12-13,16H,4-11H2,1-3H3. The molecular weight excluding hydrogens is 224 g/mol. The molecule has 2 rings (SSSR count). The number of hydrogen-bond donors (Lipinski definition) is 1. The topological polar surface area (TPSA) is 32.3 Å². The molecule has 1 N–H and O–H groups in total. The Kier molecular flexibility index (Phi) is 4.31. The Labute approximate surface area is 111 Å². The van der Waals surface area contributed by atoms with E-state index < -0.39 is 0 Å². The largest absolute Gasteiger partial charge is 0.341 e. The molecule has 2 saturated heterocycles. The number of likely N-dealkylation sites (tertiary alicyclic amines) is 1. The van der Waals surface area contributed by atoms with Crippen LogP contribution in [-0.4, -0.2) is 36.5 Å². The molecule has 0 aliphatic carbocycles. The zero-order valence-electron chi connectivity index (χ0n) is 12.2. The molecule has 0 radical (unpaired) electrons. The lowest BCUT2D eigenvalue weighted by Crippen LogP contribution is -2.56. The Morgan fingerprint density at radius 3 is 2.89 bits per heavy atom. The summed E-state index contributed by atoms with van der Waals surface area (Å²) in [6.45, 7) is 9.63. The highest BCUT2D eigenvalue weighted by atomic mass is 16.2. The fourth-order valence-corrected chi connectivity index (χ4v) is 3.49. The van der Waals surface area contributed by atoms with E-state index in [4.69, 9.17) is 0 Å². The molecule has 0 aromatic carbocycles. The molecule has 0 saturated carbocycles. The first-order valence-corrected chi connectivity index (χ1v) is 7.57. The maximum atomic E-state index is 12.6. The predicted molar refractivity (Wildman–Crippen MR) is 74.4 cm³/mol. The highest BCUT2D eigenvalue weighted by Gasteiger charge is 2.40. The number of carbonyl (C=O) groups excluding carboxylic acids is 1. The van der Waals surface area contributed by atoms with E-state index >= 15 is 0 Å². The molecule has 2 unspecified atom stereocenters. The van der Waals surface area contributed by atoms with Crippen molar-refractivity contribution in [3.8, 4) is 0 Å². The van der Waals surface area contributed by atoms with Crippen molar-refractivity contribution in [3.05, 3.63) is 0 Å². The number of carbonyl (C=O) groups is 1. The van der Waals surface area contributed by atoms with Gasteiger partial charge in [-0.1, -0.05) is 27.2 Å². The van der Waals surface area contributed by atoms with Crippen molar-refractivity contribution in [1.29, 1.82) is 0 Å². The molecule has 3 nitrogen and oxygen atoms in total. The molecule has 0 aromatic heterocycles. The van der Waals surface area contributed by atoms with Crippen LogP contribution in [0.4, 0.5) is 0 Å². The number of piperidine rings is 1. The van der Waals surface area contributed by atoms with Crippen molar-refractivity contribution in [2.75, 3.05) is 19.6 Å². The summed E-state index contributed by atoms with van der Waals surface area (Å²) in [6, 6.07) is 0.0339. The van der Waals surface area contributed by atoms with E-state index in [1.54, 1.807) is 0 Å². The molecule has 2 atom stereocenters. The van der Waals surface area contributed by atoms with Gasteiger partial charge >= 0.3 is 0 Å². The van der Waals surface area contributed by atoms with E-state index in [1.165, 1.54) is 25.7 Å². The van der Waals surface area contributed by atoms with E-state index in [1.807, 2.05) is 0 Å². The van der Waals surface area contributed by atoms with Gasteiger partial charge in [0, 0.05) is 13.1 Å². The van der Waals surface area contributed by atoms with Crippen molar-refractivity contribution in [1.82, 2.24) is 10.2 Å². The number of rotatable bonds is 3. The monoisotopic (exact) mass is 252 g/mol. The molecule has 2 heterocycles. The second-order valence-electron chi connectivity index (χ2n) is 6.71. The molecule has 18 heavy (non-hydrogen) atoms. The number of nitrogens with one attached hydrogen (secondary N) is 1. The van der Waals surface area contributed by atoms with Crippen LogP contribution in [0.5, 0.6) is 0 Å². The minimum absolute atomic E-state index is 0.0339. The Morgan fingerprint density at radius 1 is 1.44 bits per heavy atom. The summed E-state index contributed by atoms with van der Waals surface area (Å²) in [4.78, 5) is 14.7. The zero-order chi connectivity index (χ0) is 13.2. The van der Waals surface area contributed by atoms with Gasteiger partial charge in [-0.15, -0.1) is 0 Å². The van der Waals surface area contributed by atoms with Crippen molar-refractivity contribution in [2.45, 2.75) is 58.9 Å². The van der Waals surface area contributed by atoms with Gasteiger partial charge in [-0.05, 0) is 43.6 Å². The molecule has 0 spiro atoms. The van der Waals surface area contributed by atoms with Gasteiger partial charge in [0.15, 0.2) is 0 Å². The van der Waals surface area contributed by atoms with Crippen LogP contribution in [0.3, 0.4) is 0 Å². The summed E-state index contributed by atoms with van der Waals surface area (Å²) in [5.41, 5.74) is 0.109. The third-order valence-electron chi connectivity index (χ3n) is 4.67. The lowest BCUT2D eigenvalue weighted by molar-refractivity contribution is -0.136. The molecule has 3 heteroatoms. The van der Waals surface area contributed by atoms with Crippen molar-refractivity contribution >= 4 is 5.91 Å². The summed E-state index contributed by atoms with van der Waals surface area (Å²) >= 11 is 0. The van der Waals surface area contributed by atoms with E-state index in [0.29, 0.717) is 5.91 Å². The highest BCUT2D eigenvalue weighted by molar-refractivity contribution is 5.83. The molecule has 2 aliphatic heterocycles. The minimum Gasteiger partial charge on any atom is -0.341 e. The molecule has 2 aliphatic rings. The molecule has 0 aromatic rings. The Bertz CT molecular complexity index is 301. The Balaban J connectivity index is 1.95. The van der Waals surface area contributed by atoms with Gasteiger partial charge in [0.25, 0.3) is 0 Å². The van der Waals surface area contributed by atoms with Crippen molar-refractivity contribution in [3.63, 3.8) is 0 Å². The van der Waals surface area contributed by atoms with Crippen LogP contribution < -0.4 is 5.32 Å². The SMILES string of the molecule is CCCC1CCN(C(=O)C2NCCCC2(C)C)C1. The molecule has 0 bridgehead atoms. The van der Waals surface area contributed by atoms with Gasteiger partial charge in [-0.3, -0.25) is 4.79 Å². The second-order valence-corrected chi connectivity index (χ2v) is 6.71. The first kappa shape index (κ1) is 13.9. The van der Waals surface area contributed by atoms with Gasteiger partial charge < -0.3 is 10.2 Å². The van der Waals surface area contributed by atoms with E-state index in [9.17, 15) is 4.79 Å². The quantitative estimate of drug-likeness (QED) is 0.836. The van der Waals surface area contributed by atoms with Gasteiger partial charge in [0.1, 0.15) is 0 Å². The van der Waals surface area contributed by atoms with E-state index in [2.05, 4.69) is 31.0 Å². The van der Waals surface area contributed by atoms with Crippen molar-refractivity contribution in [2.24, 2.45) is 11.3 Å². The molecule has 2 fully saturated rings. The van der Waals surface area contributed by atoms with Crippen molar-refractivity contribution < 1.29 is 4.79 Å². The molecule has 1 amide bonds. The van der Waals surface area contributed by atoms with Gasteiger partial charge in [0.05, 0.1) is 6.04 Å². The van der Waals surface area contributed by atoms with Crippen LogP contribution in [0.2, 0.25) is 0 Å². The van der Waals surface area contributed by atoms with Gasteiger partial charge in [0.2, 0.25) is 5.91 Å². The van der Waals surface area contributed by atoms with Crippen LogP contribution >= 0.6 is 0 Å². The third-order valence-corrected chi connectivity index (χ3v) is 4.67. The Hall–Kier alpha value is -0.570. The fraction of sp³-hybridized carbons (Fsp3) is 0.933. The highest BCUT2D eigenvalue weighted by Crippen LogP contribution is 2.32. The maximum Gasteiger partial charge on any atom is 0.240 e. The minimum atomic E-state index is 0.0339. The average Bonchev–Trinajstić information content (AvgIpc) is 2.77. The summed E-state index contributed by atoms with van der Waals surface area (Å²) < 4.78 is 0. The normalized spacial score (nSPS) is 31.6. The summed E-state index contributed by atoms with van der Waals surface area (Å²) in [6.07, 6.45) is 6.05. The van der Waals surface area contributed by atoms with Crippen LogP contribution in [0, 0.1) is 11.3 Å². The van der Waals surface area contributed by atoms with E-state index in [0.717, 1.165) is 32.0 Å². The lowest BCUT2D eigenvalue weighted by atomic mass is 9.77. The fourth-order valence-electron chi connectivity index (χ4n) is 3.49. The maximum absolute atomic E-state index is 12.6. The summed E-state index contributed by atoms with van der Waals surface area (Å²) in [5.74, 6) is 1.09. The number of nitrogens with zero attached hydrogens (tertiary/aromatic N) is 1. The number of hydrogen-bond acceptors (Lipinski definition) is 2. The lowest BCUT2D eigenvalue weighted by Gasteiger charge is -2.40. The van der Waals surface area contributed by atoms with Crippen LogP contribution in [-0.2, 0) is 4.79 Å². The molecule has 104 valence electrons. The first-order valence-electron chi connectivity index (χ1n) is 7.57. The predicted octanol–water partition coefficient (Wildman–Crippen LogP) is 2.41. The van der Waals surface area contributed by atoms with Crippen LogP contribution in [0.25, 0.3) is 0 Å². The second kappa shape index (κ2) is 5.60. The summed E-state index contributed by atoms with van der Waals surface area (Å²) in [5, 5.41) is 3.44. The number of amides is 1. The molecular formula is C15H28N2O. The third kappa shape index (κ3) is 2.87. The zero-order valence-corrected chi connectivity index (χ0v) is 12.2. The smallest absolute Gasteiger partial charge is 0.240 e. The Morgan fingerprint density at radius 2 is 2.22 bits per heavy atom. The first-order chi connectivity index (χ1) is 8.54. The summed E-state index contributed by atoms with van der Waals surface area (Å²) in [7, 11) is 0. The van der Waals surface area contributed by atoms with Gasteiger partial charge in [-0.2, -0.15) is 0 Å². The van der Waals surface area contributed by atoms with Crippen LogP contribution in [0.15, 0.2) is 0 Å². The van der Waals surface area contributed by atoms with E-state index in [-0.39, 0.29) is 11.5 Å².